The molecule has 2 atom stereocenters. The zero-order valence-corrected chi connectivity index (χ0v) is 28.9. The second-order valence-electron chi connectivity index (χ2n) is 14.6. The molecule has 0 saturated carbocycles. The molecule has 2 unspecified atom stereocenters. The van der Waals surface area contributed by atoms with E-state index in [4.69, 9.17) is 0 Å². The van der Waals surface area contributed by atoms with Gasteiger partial charge in [0.2, 0.25) is 0 Å². The van der Waals surface area contributed by atoms with Gasteiger partial charge in [0.25, 0.3) is 0 Å². The van der Waals surface area contributed by atoms with Gasteiger partial charge in [-0.15, -0.1) is 0 Å². The Hall–Kier alpha value is -6.77. The highest BCUT2D eigenvalue weighted by Gasteiger charge is 2.39. The van der Waals surface area contributed by atoms with Crippen molar-refractivity contribution in [1.82, 2.24) is 9.55 Å². The zero-order valence-electron chi connectivity index (χ0n) is 28.9. The minimum atomic E-state index is 0.165. The van der Waals surface area contributed by atoms with Gasteiger partial charge in [-0.1, -0.05) is 127 Å². The van der Waals surface area contributed by atoms with Gasteiger partial charge in [-0.2, -0.15) is 0 Å². The van der Waals surface area contributed by atoms with Crippen molar-refractivity contribution < 1.29 is 0 Å². The van der Waals surface area contributed by atoms with Gasteiger partial charge in [0, 0.05) is 46.1 Å². The quantitative estimate of drug-likeness (QED) is 0.170. The highest BCUT2D eigenvalue weighted by molar-refractivity contribution is 6.15. The number of hydrogen-bond donors (Lipinski definition) is 0. The van der Waals surface area contributed by atoms with Crippen LogP contribution >= 0.6 is 0 Å². The van der Waals surface area contributed by atoms with Gasteiger partial charge in [-0.3, -0.25) is 4.98 Å². The Morgan fingerprint density at radius 2 is 1.11 bits per heavy atom. The molecule has 0 saturated heterocycles. The van der Waals surface area contributed by atoms with Crippen LogP contribution in [0.4, 0.5) is 0 Å². The summed E-state index contributed by atoms with van der Waals surface area (Å²) in [5.41, 5.74) is 17.1. The van der Waals surface area contributed by atoms with Crippen molar-refractivity contribution >= 4 is 43.4 Å². The van der Waals surface area contributed by atoms with Crippen LogP contribution in [-0.4, -0.2) is 9.55 Å². The number of rotatable bonds is 4. The number of para-hydroxylation sites is 1. The monoisotopic (exact) mass is 672 g/mol. The largest absolute Gasteiger partial charge is 0.309 e. The van der Waals surface area contributed by atoms with Crippen molar-refractivity contribution in [2.45, 2.75) is 11.8 Å². The fourth-order valence-corrected chi connectivity index (χ4v) is 9.62. The smallest absolute Gasteiger partial charge is 0.0541 e. The lowest BCUT2D eigenvalue weighted by Crippen LogP contribution is -2.02. The fourth-order valence-electron chi connectivity index (χ4n) is 9.62. The first-order chi connectivity index (χ1) is 26.3. The van der Waals surface area contributed by atoms with Gasteiger partial charge >= 0.3 is 0 Å². The van der Waals surface area contributed by atoms with Crippen molar-refractivity contribution in [2.24, 2.45) is 0 Å². The molecule has 0 N–H and O–H groups in total. The van der Waals surface area contributed by atoms with Gasteiger partial charge in [-0.05, 0) is 114 Å². The van der Waals surface area contributed by atoms with Crippen LogP contribution in [-0.2, 0) is 0 Å². The van der Waals surface area contributed by atoms with Gasteiger partial charge in [0.05, 0.1) is 11.0 Å². The molecule has 0 amide bonds. The molecule has 2 aliphatic carbocycles. The average Bonchev–Trinajstić information content (AvgIpc) is 3.78. The first-order valence-electron chi connectivity index (χ1n) is 18.5. The Morgan fingerprint density at radius 1 is 0.396 bits per heavy atom. The van der Waals surface area contributed by atoms with E-state index in [0.717, 1.165) is 0 Å². The Kier molecular flexibility index (Phi) is 5.92. The van der Waals surface area contributed by atoms with E-state index in [1.165, 1.54) is 105 Å². The zero-order chi connectivity index (χ0) is 34.6. The third kappa shape index (κ3) is 4.12. The standard InChI is InChI=1S/C51H32N2/c1-2-11-31(12-3-1)32-21-23-42-43(28-32)37-16-5-6-18-40(37)48(42)33-13-10-14-35(27-33)53-46-20-9-8-17-39(46)44-29-34(22-24-47(44)53)49-50-41-19-7-4-15-36(41)38-25-26-52-30-45(38)51(49)50/h1-30,48-49H. The third-order valence-electron chi connectivity index (χ3n) is 11.9. The maximum atomic E-state index is 4.54. The van der Waals surface area contributed by atoms with E-state index in [9.17, 15) is 0 Å². The van der Waals surface area contributed by atoms with Crippen molar-refractivity contribution in [1.29, 1.82) is 0 Å². The Bertz CT molecular complexity index is 3070. The average molecular weight is 673 g/mol. The molecular weight excluding hydrogens is 641 g/mol. The van der Waals surface area contributed by atoms with Crippen LogP contribution in [0.5, 0.6) is 0 Å². The molecule has 2 nitrogen and oxygen atoms in total. The maximum Gasteiger partial charge on any atom is 0.0541 e. The molecule has 0 radical (unpaired) electrons. The highest BCUT2D eigenvalue weighted by atomic mass is 15.0. The fraction of sp³-hybridized carbons (Fsp3) is 0.0392. The number of fused-ring (bicyclic) bond motifs is 12. The summed E-state index contributed by atoms with van der Waals surface area (Å²) in [6.45, 7) is 0. The van der Waals surface area contributed by atoms with Gasteiger partial charge in [-0.25, -0.2) is 0 Å². The first kappa shape index (κ1) is 28.9. The summed E-state index contributed by atoms with van der Waals surface area (Å²) in [5.74, 6) is 0.444. The summed E-state index contributed by atoms with van der Waals surface area (Å²) in [6, 6.07) is 63.0. The lowest BCUT2D eigenvalue weighted by atomic mass is 9.88. The molecule has 2 aromatic heterocycles. The number of benzene rings is 8. The van der Waals surface area contributed by atoms with Gasteiger partial charge < -0.3 is 4.57 Å². The molecule has 0 fully saturated rings. The number of hydrogen-bond acceptors (Lipinski definition) is 1. The van der Waals surface area contributed by atoms with E-state index >= 15 is 0 Å². The molecule has 0 spiro atoms. The third-order valence-corrected chi connectivity index (χ3v) is 11.9. The summed E-state index contributed by atoms with van der Waals surface area (Å²) < 4.78 is 2.47. The number of pyridine rings is 1. The summed E-state index contributed by atoms with van der Waals surface area (Å²) in [6.07, 6.45) is 3.97. The van der Waals surface area contributed by atoms with E-state index < -0.39 is 0 Å². The van der Waals surface area contributed by atoms with Crippen molar-refractivity contribution in [3.63, 3.8) is 0 Å². The van der Waals surface area contributed by atoms with Crippen LogP contribution in [0.25, 0.3) is 71.3 Å². The van der Waals surface area contributed by atoms with Crippen LogP contribution in [0.2, 0.25) is 0 Å². The van der Waals surface area contributed by atoms with Crippen LogP contribution in [0.1, 0.15) is 45.2 Å². The summed E-state index contributed by atoms with van der Waals surface area (Å²) >= 11 is 0. The van der Waals surface area contributed by atoms with E-state index in [1.54, 1.807) is 0 Å². The predicted octanol–water partition coefficient (Wildman–Crippen LogP) is 12.8. The SMILES string of the molecule is c1ccc(-c2ccc3c(c2)-c2ccccc2C3c2cccc(-n3c4ccccc4c4cc(C5c6c5c5cnccc5c5ccccc65)ccc43)c2)cc1. The van der Waals surface area contributed by atoms with Crippen molar-refractivity contribution in [3.05, 3.63) is 216 Å². The molecule has 10 aromatic rings. The molecular formula is C51H32N2. The molecule has 2 heteroatoms. The second kappa shape index (κ2) is 10.9. The summed E-state index contributed by atoms with van der Waals surface area (Å²) in [7, 11) is 0. The molecule has 246 valence electrons. The molecule has 8 aromatic carbocycles. The normalized spacial score (nSPS) is 15.5. The van der Waals surface area contributed by atoms with E-state index in [2.05, 4.69) is 186 Å². The molecule has 2 aliphatic rings. The Morgan fingerprint density at radius 3 is 2.04 bits per heavy atom. The van der Waals surface area contributed by atoms with E-state index in [1.807, 2.05) is 6.20 Å². The van der Waals surface area contributed by atoms with E-state index in [-0.39, 0.29) is 11.8 Å². The minimum absolute atomic E-state index is 0.165. The molecule has 2 heterocycles. The predicted molar refractivity (Wildman–Crippen MR) is 219 cm³/mol. The number of nitrogens with zero attached hydrogens (tertiary/aromatic N) is 2. The maximum absolute atomic E-state index is 4.54. The lowest BCUT2D eigenvalue weighted by molar-refractivity contribution is 1.01. The molecule has 0 aliphatic heterocycles. The number of aromatic nitrogens is 2. The summed E-state index contributed by atoms with van der Waals surface area (Å²) in [5, 5.41) is 7.80. The van der Waals surface area contributed by atoms with Crippen molar-refractivity contribution in [2.75, 3.05) is 0 Å². The van der Waals surface area contributed by atoms with Gasteiger partial charge in [0.15, 0.2) is 0 Å². The Balaban J connectivity index is 0.998. The van der Waals surface area contributed by atoms with Crippen LogP contribution in [0.3, 0.4) is 0 Å². The second-order valence-corrected chi connectivity index (χ2v) is 14.6. The van der Waals surface area contributed by atoms with Crippen molar-refractivity contribution in [3.8, 4) is 27.9 Å². The lowest BCUT2D eigenvalue weighted by Gasteiger charge is -2.17. The summed E-state index contributed by atoms with van der Waals surface area (Å²) in [4.78, 5) is 4.54. The molecule has 0 bridgehead atoms. The van der Waals surface area contributed by atoms with Crippen LogP contribution < -0.4 is 0 Å². The van der Waals surface area contributed by atoms with E-state index in [0.29, 0.717) is 0 Å². The van der Waals surface area contributed by atoms with Crippen LogP contribution in [0.15, 0.2) is 182 Å². The van der Waals surface area contributed by atoms with Gasteiger partial charge in [0.1, 0.15) is 0 Å². The van der Waals surface area contributed by atoms with Crippen LogP contribution in [0, 0.1) is 0 Å². The Labute approximate surface area is 307 Å². The molecule has 53 heavy (non-hydrogen) atoms. The highest BCUT2D eigenvalue weighted by Crippen LogP contribution is 2.56. The topological polar surface area (TPSA) is 17.8 Å². The minimum Gasteiger partial charge on any atom is -0.309 e. The molecule has 12 rings (SSSR count). The first-order valence-corrected chi connectivity index (χ1v) is 18.5.